The predicted octanol–water partition coefficient (Wildman–Crippen LogP) is 4.30. The van der Waals surface area contributed by atoms with Crippen LogP contribution in [0.25, 0.3) is 16.2 Å². The topological polar surface area (TPSA) is 72.6 Å². The number of halogens is 1. The Labute approximate surface area is 184 Å². The number of fused-ring (bicyclic) bond motifs is 1. The lowest BCUT2D eigenvalue weighted by Crippen LogP contribution is -2.48. The Morgan fingerprint density at radius 1 is 1.19 bits per heavy atom. The van der Waals surface area contributed by atoms with E-state index in [9.17, 15) is 9.18 Å². The molecular weight excluding hydrogens is 409 g/mol. The summed E-state index contributed by atoms with van der Waals surface area (Å²) in [5, 5.41) is 0. The Hall–Kier alpha value is -3.86. The van der Waals surface area contributed by atoms with Crippen molar-refractivity contribution >= 4 is 11.6 Å². The molecular formula is C24H20FN5O2. The molecule has 1 saturated carbocycles. The van der Waals surface area contributed by atoms with Gasteiger partial charge in [0.1, 0.15) is 12.4 Å². The molecule has 160 valence electrons. The van der Waals surface area contributed by atoms with Crippen LogP contribution in [-0.2, 0) is 0 Å². The van der Waals surface area contributed by atoms with Crippen LogP contribution in [0.5, 0.6) is 5.88 Å². The fourth-order valence-corrected chi connectivity index (χ4v) is 4.36. The number of hydrogen-bond donors (Lipinski definition) is 0. The number of ether oxygens (including phenoxy) is 1. The van der Waals surface area contributed by atoms with Crippen LogP contribution in [0, 0.1) is 18.3 Å². The van der Waals surface area contributed by atoms with Crippen molar-refractivity contribution in [2.75, 3.05) is 6.61 Å². The highest BCUT2D eigenvalue weighted by atomic mass is 19.1. The maximum atomic E-state index is 13.8. The van der Waals surface area contributed by atoms with E-state index in [1.54, 1.807) is 36.7 Å². The summed E-state index contributed by atoms with van der Waals surface area (Å²) >= 11 is 0. The van der Waals surface area contributed by atoms with Gasteiger partial charge >= 0.3 is 0 Å². The third kappa shape index (κ3) is 3.89. The summed E-state index contributed by atoms with van der Waals surface area (Å²) in [6.07, 6.45) is 7.19. The van der Waals surface area contributed by atoms with Crippen molar-refractivity contribution in [1.29, 1.82) is 0 Å². The number of carbonyl (C=O) groups is 1. The maximum Gasteiger partial charge on any atom is 0.253 e. The zero-order chi connectivity index (χ0) is 22.1. The highest BCUT2D eigenvalue weighted by Gasteiger charge is 2.50. The lowest BCUT2D eigenvalue weighted by Gasteiger charge is -2.36. The fraction of sp³-hybridized carbons (Fsp3) is 0.292. The highest BCUT2D eigenvalue weighted by Crippen LogP contribution is 2.46. The molecule has 2 unspecified atom stereocenters. The van der Waals surface area contributed by atoms with E-state index in [4.69, 9.17) is 11.3 Å². The molecule has 0 N–H and O–H groups in total. The number of rotatable bonds is 5. The third-order valence-corrected chi connectivity index (χ3v) is 6.03. The van der Waals surface area contributed by atoms with Gasteiger partial charge in [-0.1, -0.05) is 12.1 Å². The number of likely N-dealkylation sites (tertiary alicyclic amines) is 1. The first-order valence-corrected chi connectivity index (χ1v) is 10.5. The van der Waals surface area contributed by atoms with E-state index in [-0.39, 0.29) is 24.6 Å². The van der Waals surface area contributed by atoms with Crippen molar-refractivity contribution in [3.05, 3.63) is 77.8 Å². The van der Waals surface area contributed by atoms with Gasteiger partial charge in [-0.05, 0) is 43.4 Å². The number of pyridine rings is 1. The van der Waals surface area contributed by atoms with Crippen LogP contribution in [-0.4, -0.2) is 44.4 Å². The molecule has 1 aromatic carbocycles. The molecule has 32 heavy (non-hydrogen) atoms. The van der Waals surface area contributed by atoms with Gasteiger partial charge in [0.25, 0.3) is 5.91 Å². The average molecular weight is 429 g/mol. The minimum absolute atomic E-state index is 0.140. The summed E-state index contributed by atoms with van der Waals surface area (Å²) < 4.78 is 18.9. The smallest absolute Gasteiger partial charge is 0.253 e. The third-order valence-electron chi connectivity index (χ3n) is 6.03. The van der Waals surface area contributed by atoms with Gasteiger partial charge in [-0.25, -0.2) is 24.2 Å². The summed E-state index contributed by atoms with van der Waals surface area (Å²) in [6, 6.07) is 9.54. The molecule has 2 aromatic heterocycles. The van der Waals surface area contributed by atoms with Crippen LogP contribution in [0.4, 0.5) is 10.1 Å². The summed E-state index contributed by atoms with van der Waals surface area (Å²) in [5.74, 6) is 0.693. The van der Waals surface area contributed by atoms with Gasteiger partial charge in [0.05, 0.1) is 18.8 Å². The van der Waals surface area contributed by atoms with E-state index < -0.39 is 5.82 Å². The van der Waals surface area contributed by atoms with Crippen molar-refractivity contribution in [3.8, 4) is 17.3 Å². The highest BCUT2D eigenvalue weighted by molar-refractivity contribution is 6.01. The Bertz CT molecular complexity index is 1180. The number of benzene rings is 1. The van der Waals surface area contributed by atoms with E-state index in [1.807, 2.05) is 4.90 Å². The molecule has 3 aromatic rings. The van der Waals surface area contributed by atoms with Crippen LogP contribution >= 0.6 is 0 Å². The Kier molecular flexibility index (Phi) is 5.23. The van der Waals surface area contributed by atoms with Gasteiger partial charge < -0.3 is 9.64 Å². The quantitative estimate of drug-likeness (QED) is 0.566. The average Bonchev–Trinajstić information content (AvgIpc) is 3.63. The summed E-state index contributed by atoms with van der Waals surface area (Å²) in [5.41, 5.74) is 1.41. The van der Waals surface area contributed by atoms with Crippen molar-refractivity contribution in [1.82, 2.24) is 19.9 Å². The number of aromatic nitrogens is 3. The zero-order valence-electron chi connectivity index (χ0n) is 17.2. The molecule has 8 heteroatoms. The van der Waals surface area contributed by atoms with E-state index >= 15 is 0 Å². The van der Waals surface area contributed by atoms with Gasteiger partial charge in [-0.3, -0.25) is 4.79 Å². The zero-order valence-corrected chi connectivity index (χ0v) is 17.2. The fourth-order valence-electron chi connectivity index (χ4n) is 4.36. The first kappa shape index (κ1) is 20.1. The molecule has 3 heterocycles. The Morgan fingerprint density at radius 3 is 2.78 bits per heavy atom. The van der Waals surface area contributed by atoms with E-state index in [0.717, 1.165) is 25.5 Å². The van der Waals surface area contributed by atoms with Crippen LogP contribution in [0.1, 0.15) is 29.6 Å². The van der Waals surface area contributed by atoms with Crippen LogP contribution in [0.2, 0.25) is 0 Å². The second-order valence-corrected chi connectivity index (χ2v) is 8.05. The molecule has 1 aliphatic carbocycles. The summed E-state index contributed by atoms with van der Waals surface area (Å²) in [7, 11) is 0. The Balaban J connectivity index is 1.45. The lowest BCUT2D eigenvalue weighted by molar-refractivity contribution is 0.0495. The largest absolute Gasteiger partial charge is 0.475 e. The molecule has 7 nitrogen and oxygen atoms in total. The van der Waals surface area contributed by atoms with Crippen molar-refractivity contribution in [3.63, 3.8) is 0 Å². The maximum absolute atomic E-state index is 13.8. The molecule has 0 spiro atoms. The monoisotopic (exact) mass is 429 g/mol. The van der Waals surface area contributed by atoms with E-state index in [0.29, 0.717) is 34.4 Å². The van der Waals surface area contributed by atoms with Crippen LogP contribution in [0.15, 0.2) is 55.0 Å². The van der Waals surface area contributed by atoms with E-state index in [1.165, 1.54) is 12.1 Å². The number of piperidine rings is 1. The number of carbonyl (C=O) groups excluding carboxylic acids is 1. The normalized spacial score (nSPS) is 21.4. The molecule has 1 amide bonds. The van der Waals surface area contributed by atoms with Crippen molar-refractivity contribution in [2.24, 2.45) is 5.92 Å². The SMILES string of the molecule is [C-]#[N+]c1ccc(-c2ncccn2)c(C(=O)N2C3CC3CC[C@H]2COc2ccc(F)cn2)c1. The summed E-state index contributed by atoms with van der Waals surface area (Å²) in [6.45, 7) is 7.65. The minimum atomic E-state index is -0.428. The number of nitrogens with zero attached hydrogens (tertiary/aromatic N) is 5. The molecule has 5 rings (SSSR count). The molecule has 1 aliphatic heterocycles. The second kappa shape index (κ2) is 8.35. The van der Waals surface area contributed by atoms with Gasteiger partial charge in [0.2, 0.25) is 5.88 Å². The van der Waals surface area contributed by atoms with Gasteiger partial charge in [-0.2, -0.15) is 0 Å². The van der Waals surface area contributed by atoms with Gasteiger partial charge in [0, 0.05) is 35.6 Å². The Morgan fingerprint density at radius 2 is 2.03 bits per heavy atom. The van der Waals surface area contributed by atoms with E-state index in [2.05, 4.69) is 19.8 Å². The molecule has 1 saturated heterocycles. The molecule has 3 atom stereocenters. The molecule has 2 aliphatic rings. The van der Waals surface area contributed by atoms with Crippen LogP contribution in [0.3, 0.4) is 0 Å². The first-order chi connectivity index (χ1) is 15.6. The van der Waals surface area contributed by atoms with Gasteiger partial charge in [-0.15, -0.1) is 0 Å². The van der Waals surface area contributed by atoms with Gasteiger partial charge in [0.15, 0.2) is 11.5 Å². The van der Waals surface area contributed by atoms with Crippen LogP contribution < -0.4 is 4.74 Å². The number of hydrogen-bond acceptors (Lipinski definition) is 5. The lowest BCUT2D eigenvalue weighted by atomic mass is 9.98. The minimum Gasteiger partial charge on any atom is -0.475 e. The van der Waals surface area contributed by atoms with Crippen molar-refractivity contribution in [2.45, 2.75) is 31.3 Å². The molecule has 0 bridgehead atoms. The summed E-state index contributed by atoms with van der Waals surface area (Å²) in [4.78, 5) is 31.8. The predicted molar refractivity (Wildman–Crippen MR) is 115 cm³/mol. The molecule has 2 fully saturated rings. The number of amides is 1. The van der Waals surface area contributed by atoms with Crippen molar-refractivity contribution < 1.29 is 13.9 Å². The second-order valence-electron chi connectivity index (χ2n) is 8.05. The first-order valence-electron chi connectivity index (χ1n) is 10.5. The standard InChI is InChI=1S/C24H20FN5O2/c1-26-17-5-7-19(23-27-9-2-10-28-23)20(12-17)24(31)30-18(6-3-15-11-21(15)30)14-32-22-8-4-16(25)13-29-22/h2,4-5,7-10,12-13,15,18,21H,3,6,11,14H2/t15?,18-,21?/m0/s1. The molecule has 0 radical (unpaired) electrons.